The van der Waals surface area contributed by atoms with Gasteiger partial charge in [0, 0.05) is 0 Å². The minimum absolute atomic E-state index is 0.360. The van der Waals surface area contributed by atoms with E-state index < -0.39 is 9.84 Å². The Bertz CT molecular complexity index is 212. The van der Waals surface area contributed by atoms with E-state index in [2.05, 4.69) is 12.2 Å². The molecule has 0 heterocycles. The third kappa shape index (κ3) is 8.51. The summed E-state index contributed by atoms with van der Waals surface area (Å²) < 4.78 is 22.8. The molecule has 0 aromatic heterocycles. The summed E-state index contributed by atoms with van der Waals surface area (Å²) in [5.74, 6) is 0.725. The Balaban J connectivity index is 3.46. The van der Waals surface area contributed by atoms with E-state index >= 15 is 0 Å². The number of sulfone groups is 1. The fraction of sp³-hybridized carbons (Fsp3) is 1.00. The van der Waals surface area contributed by atoms with Gasteiger partial charge in [-0.25, -0.2) is 8.42 Å². The number of rotatable bonds is 9. The van der Waals surface area contributed by atoms with Crippen molar-refractivity contribution < 1.29 is 8.42 Å². The van der Waals surface area contributed by atoms with Crippen molar-refractivity contribution in [2.75, 3.05) is 24.6 Å². The van der Waals surface area contributed by atoms with Crippen LogP contribution in [0.3, 0.4) is 0 Å². The fourth-order valence-electron chi connectivity index (χ4n) is 1.22. The summed E-state index contributed by atoms with van der Waals surface area (Å²) in [6.45, 7) is 5.96. The summed E-state index contributed by atoms with van der Waals surface area (Å²) in [7, 11) is -2.76. The maximum atomic E-state index is 11.4. The van der Waals surface area contributed by atoms with Gasteiger partial charge in [0.2, 0.25) is 0 Å². The van der Waals surface area contributed by atoms with Crippen molar-refractivity contribution in [1.82, 2.24) is 5.32 Å². The van der Waals surface area contributed by atoms with Gasteiger partial charge in [0.25, 0.3) is 0 Å². The molecule has 0 bridgehead atoms. The highest BCUT2D eigenvalue weighted by Crippen LogP contribution is 2.00. The zero-order valence-electron chi connectivity index (χ0n) is 9.38. The van der Waals surface area contributed by atoms with Crippen LogP contribution in [-0.4, -0.2) is 33.0 Å². The third-order valence-electron chi connectivity index (χ3n) is 2.12. The summed E-state index contributed by atoms with van der Waals surface area (Å²) in [5.41, 5.74) is 0. The molecule has 1 N–H and O–H groups in total. The van der Waals surface area contributed by atoms with Gasteiger partial charge in [0.1, 0.15) is 9.84 Å². The van der Waals surface area contributed by atoms with Crippen molar-refractivity contribution in [2.45, 2.75) is 39.5 Å². The molecule has 0 amide bonds. The third-order valence-corrected chi connectivity index (χ3v) is 3.94. The Labute approximate surface area is 88.2 Å². The predicted octanol–water partition coefficient (Wildman–Crippen LogP) is 1.59. The largest absolute Gasteiger partial charge is 0.317 e. The lowest BCUT2D eigenvalue weighted by Gasteiger charge is -2.03. The van der Waals surface area contributed by atoms with Crippen LogP contribution in [0.15, 0.2) is 0 Å². The van der Waals surface area contributed by atoms with E-state index in [0.717, 1.165) is 38.8 Å². The number of nitrogens with one attached hydrogen (secondary N) is 1. The Morgan fingerprint density at radius 3 is 2.21 bits per heavy atom. The van der Waals surface area contributed by atoms with E-state index in [-0.39, 0.29) is 0 Å². The molecule has 4 heteroatoms. The average Bonchev–Trinajstić information content (AvgIpc) is 2.15. The molecule has 0 saturated carbocycles. The Hall–Kier alpha value is -0.0900. The summed E-state index contributed by atoms with van der Waals surface area (Å²) in [6, 6.07) is 0. The topological polar surface area (TPSA) is 46.2 Å². The van der Waals surface area contributed by atoms with E-state index in [1.807, 2.05) is 6.92 Å². The summed E-state index contributed by atoms with van der Waals surface area (Å²) in [5, 5.41) is 3.18. The number of unbranched alkanes of at least 4 members (excludes halogenated alkanes) is 2. The molecule has 0 unspecified atom stereocenters. The molecule has 0 rings (SSSR count). The predicted molar refractivity (Wildman–Crippen MR) is 61.3 cm³/mol. The van der Waals surface area contributed by atoms with E-state index in [1.165, 1.54) is 0 Å². The molecule has 0 radical (unpaired) electrons. The van der Waals surface area contributed by atoms with Gasteiger partial charge in [0.05, 0.1) is 11.5 Å². The molecule has 0 aliphatic rings. The van der Waals surface area contributed by atoms with Crippen LogP contribution in [0.2, 0.25) is 0 Å². The van der Waals surface area contributed by atoms with Gasteiger partial charge in [-0.05, 0) is 32.4 Å². The van der Waals surface area contributed by atoms with Crippen LogP contribution in [0.5, 0.6) is 0 Å². The molecule has 14 heavy (non-hydrogen) atoms. The van der Waals surface area contributed by atoms with Crippen LogP contribution < -0.4 is 5.32 Å². The molecule has 0 saturated heterocycles. The van der Waals surface area contributed by atoms with Crippen molar-refractivity contribution in [3.8, 4) is 0 Å². The van der Waals surface area contributed by atoms with Gasteiger partial charge in [-0.3, -0.25) is 0 Å². The highest BCUT2D eigenvalue weighted by atomic mass is 32.2. The maximum absolute atomic E-state index is 11.4. The first kappa shape index (κ1) is 13.9. The normalized spacial score (nSPS) is 11.9. The zero-order chi connectivity index (χ0) is 10.9. The minimum atomic E-state index is -2.76. The lowest BCUT2D eigenvalue weighted by Crippen LogP contribution is -2.16. The monoisotopic (exact) mass is 221 g/mol. The molecule has 86 valence electrons. The fourth-order valence-corrected chi connectivity index (χ4v) is 2.79. The quantitative estimate of drug-likeness (QED) is 0.601. The lowest BCUT2D eigenvalue weighted by atomic mass is 10.3. The second-order valence-electron chi connectivity index (χ2n) is 3.57. The van der Waals surface area contributed by atoms with Gasteiger partial charge in [-0.2, -0.15) is 0 Å². The Morgan fingerprint density at radius 2 is 1.64 bits per heavy atom. The molecule has 0 aromatic carbocycles. The minimum Gasteiger partial charge on any atom is -0.317 e. The van der Waals surface area contributed by atoms with Gasteiger partial charge in [-0.1, -0.05) is 20.3 Å². The lowest BCUT2D eigenvalue weighted by molar-refractivity contribution is 0.585. The van der Waals surface area contributed by atoms with Crippen LogP contribution in [0.25, 0.3) is 0 Å². The van der Waals surface area contributed by atoms with Crippen LogP contribution in [0, 0.1) is 0 Å². The molecule has 0 aliphatic heterocycles. The van der Waals surface area contributed by atoms with Crippen LogP contribution in [0.4, 0.5) is 0 Å². The standard InChI is InChI=1S/C10H23NO2S/c1-3-5-9-14(12,13)10-7-6-8-11-4-2/h11H,3-10H2,1-2H3. The van der Waals surface area contributed by atoms with Gasteiger partial charge >= 0.3 is 0 Å². The van der Waals surface area contributed by atoms with Crippen molar-refractivity contribution >= 4 is 9.84 Å². The van der Waals surface area contributed by atoms with Gasteiger partial charge in [0.15, 0.2) is 0 Å². The highest BCUT2D eigenvalue weighted by Gasteiger charge is 2.08. The zero-order valence-corrected chi connectivity index (χ0v) is 10.2. The first-order valence-electron chi connectivity index (χ1n) is 5.53. The van der Waals surface area contributed by atoms with Crippen molar-refractivity contribution in [2.24, 2.45) is 0 Å². The first-order chi connectivity index (χ1) is 6.62. The van der Waals surface area contributed by atoms with Crippen LogP contribution >= 0.6 is 0 Å². The molecule has 0 atom stereocenters. The first-order valence-corrected chi connectivity index (χ1v) is 7.35. The van der Waals surface area contributed by atoms with Gasteiger partial charge < -0.3 is 5.32 Å². The SMILES string of the molecule is CCCCS(=O)(=O)CCCCNCC. The maximum Gasteiger partial charge on any atom is 0.150 e. The number of hydrogen-bond donors (Lipinski definition) is 1. The van der Waals surface area contributed by atoms with Gasteiger partial charge in [-0.15, -0.1) is 0 Å². The Kier molecular flexibility index (Phi) is 8.18. The van der Waals surface area contributed by atoms with Crippen molar-refractivity contribution in [3.63, 3.8) is 0 Å². The molecule has 0 spiro atoms. The molecular weight excluding hydrogens is 198 g/mol. The smallest absolute Gasteiger partial charge is 0.150 e. The highest BCUT2D eigenvalue weighted by molar-refractivity contribution is 7.91. The summed E-state index contributed by atoms with van der Waals surface area (Å²) >= 11 is 0. The second kappa shape index (κ2) is 8.24. The van der Waals surface area contributed by atoms with Crippen molar-refractivity contribution in [1.29, 1.82) is 0 Å². The average molecular weight is 221 g/mol. The molecule has 0 fully saturated rings. The van der Waals surface area contributed by atoms with E-state index in [0.29, 0.717) is 11.5 Å². The molecule has 0 aromatic rings. The van der Waals surface area contributed by atoms with Crippen molar-refractivity contribution in [3.05, 3.63) is 0 Å². The van der Waals surface area contributed by atoms with E-state index in [1.54, 1.807) is 0 Å². The second-order valence-corrected chi connectivity index (χ2v) is 5.87. The summed E-state index contributed by atoms with van der Waals surface area (Å²) in [6.07, 6.45) is 3.50. The summed E-state index contributed by atoms with van der Waals surface area (Å²) in [4.78, 5) is 0. The van der Waals surface area contributed by atoms with E-state index in [4.69, 9.17) is 0 Å². The van der Waals surface area contributed by atoms with Crippen LogP contribution in [0.1, 0.15) is 39.5 Å². The van der Waals surface area contributed by atoms with E-state index in [9.17, 15) is 8.42 Å². The molecular formula is C10H23NO2S. The molecule has 0 aliphatic carbocycles. The van der Waals surface area contributed by atoms with Crippen LogP contribution in [-0.2, 0) is 9.84 Å². The Morgan fingerprint density at radius 1 is 1.00 bits per heavy atom. The number of hydrogen-bond acceptors (Lipinski definition) is 3. The molecule has 3 nitrogen and oxygen atoms in total.